The van der Waals surface area contributed by atoms with Gasteiger partial charge in [-0.2, -0.15) is 8.42 Å². The molecule has 1 aliphatic heterocycles. The normalized spacial score (nSPS) is 16.6. The second kappa shape index (κ2) is 6.72. The van der Waals surface area contributed by atoms with Crippen LogP contribution in [0.15, 0.2) is 33.9 Å². The quantitative estimate of drug-likeness (QED) is 0.870. The molecular weight excluding hydrogens is 338 g/mol. The third kappa shape index (κ3) is 4.56. The summed E-state index contributed by atoms with van der Waals surface area (Å²) in [6, 6.07) is 5.28. The fraction of sp³-hybridized carbons (Fsp3) is 0.333. The average Bonchev–Trinajstić information content (AvgIpc) is 2.40. The third-order valence-corrected chi connectivity index (χ3v) is 4.82. The molecule has 0 saturated carbocycles. The minimum absolute atomic E-state index is 0.170. The molecule has 0 aliphatic carbocycles. The number of amides is 1. The summed E-state index contributed by atoms with van der Waals surface area (Å²) in [6.07, 6.45) is 0.613. The van der Waals surface area contributed by atoms with Crippen molar-refractivity contribution in [2.75, 3.05) is 5.32 Å². The smallest absolute Gasteiger partial charge is 0.326 e. The number of anilines is 1. The van der Waals surface area contributed by atoms with Crippen LogP contribution < -0.4 is 10.0 Å². The molecule has 1 aromatic rings. The van der Waals surface area contributed by atoms with Crippen molar-refractivity contribution in [3.63, 3.8) is 0 Å². The van der Waals surface area contributed by atoms with Gasteiger partial charge in [0.2, 0.25) is 5.91 Å². The molecule has 1 amide bonds. The second-order valence-electron chi connectivity index (χ2n) is 5.36. The van der Waals surface area contributed by atoms with E-state index in [4.69, 9.17) is 11.6 Å². The first kappa shape index (κ1) is 17.5. The van der Waals surface area contributed by atoms with Crippen LogP contribution in [0.5, 0.6) is 0 Å². The molecule has 6 nitrogen and oxygen atoms in total. The topological polar surface area (TPSA) is 87.6 Å². The van der Waals surface area contributed by atoms with Gasteiger partial charge >= 0.3 is 10.2 Å². The number of carbonyl (C=O) groups is 1. The summed E-state index contributed by atoms with van der Waals surface area (Å²) in [7, 11) is -3.65. The number of nitrogens with zero attached hydrogens (tertiary/aromatic N) is 1. The van der Waals surface area contributed by atoms with Gasteiger partial charge in [0.1, 0.15) is 0 Å². The van der Waals surface area contributed by atoms with Crippen molar-refractivity contribution in [3.8, 4) is 0 Å². The van der Waals surface area contributed by atoms with Crippen molar-refractivity contribution in [2.24, 2.45) is 4.40 Å². The van der Waals surface area contributed by atoms with E-state index in [1.807, 2.05) is 13.0 Å². The zero-order valence-corrected chi connectivity index (χ0v) is 14.7. The molecule has 0 atom stereocenters. The first-order valence-corrected chi connectivity index (χ1v) is 8.85. The fourth-order valence-electron chi connectivity index (χ4n) is 2.33. The number of rotatable bonds is 4. The van der Waals surface area contributed by atoms with Gasteiger partial charge in [-0.15, -0.1) is 4.40 Å². The maximum Gasteiger partial charge on any atom is 0.342 e. The molecule has 0 bridgehead atoms. The Morgan fingerprint density at radius 2 is 2.00 bits per heavy atom. The van der Waals surface area contributed by atoms with Gasteiger partial charge in [-0.1, -0.05) is 17.7 Å². The minimum atomic E-state index is -3.65. The molecule has 0 radical (unpaired) electrons. The fourth-order valence-corrected chi connectivity index (χ4v) is 3.53. The molecule has 0 unspecified atom stereocenters. The zero-order valence-electron chi connectivity index (χ0n) is 13.1. The van der Waals surface area contributed by atoms with E-state index in [1.54, 1.807) is 26.0 Å². The maximum absolute atomic E-state index is 12.1. The van der Waals surface area contributed by atoms with E-state index < -0.39 is 10.2 Å². The van der Waals surface area contributed by atoms with Crippen LogP contribution in [0.4, 0.5) is 5.69 Å². The number of benzene rings is 1. The molecule has 1 heterocycles. The van der Waals surface area contributed by atoms with E-state index in [0.29, 0.717) is 28.5 Å². The maximum atomic E-state index is 12.1. The number of carbonyl (C=O) groups excluding carboxylic acids is 1. The summed E-state index contributed by atoms with van der Waals surface area (Å²) >= 11 is 5.92. The average molecular weight is 356 g/mol. The number of hydrogen-bond acceptors (Lipinski definition) is 3. The molecule has 1 aliphatic rings. The monoisotopic (exact) mass is 355 g/mol. The van der Waals surface area contributed by atoms with E-state index in [2.05, 4.69) is 14.4 Å². The van der Waals surface area contributed by atoms with Crippen LogP contribution in [-0.2, 0) is 15.0 Å². The van der Waals surface area contributed by atoms with E-state index in [1.165, 1.54) is 0 Å². The van der Waals surface area contributed by atoms with Gasteiger partial charge in [-0.05, 0) is 50.5 Å². The van der Waals surface area contributed by atoms with Crippen LogP contribution in [-0.4, -0.2) is 20.0 Å². The van der Waals surface area contributed by atoms with Gasteiger partial charge < -0.3 is 5.32 Å². The summed E-state index contributed by atoms with van der Waals surface area (Å²) in [5, 5.41) is 3.36. The van der Waals surface area contributed by atoms with Crippen molar-refractivity contribution in [1.29, 1.82) is 0 Å². The number of nitrogens with one attached hydrogen (secondary N) is 2. The number of hydrogen-bond donors (Lipinski definition) is 2. The van der Waals surface area contributed by atoms with Crippen LogP contribution in [0.1, 0.15) is 32.3 Å². The van der Waals surface area contributed by atoms with Gasteiger partial charge in [0.05, 0.1) is 5.71 Å². The molecule has 23 heavy (non-hydrogen) atoms. The standard InChI is InChI=1S/C15H18ClN3O3S/c1-9-4-5-12(16)8-14(9)17-15(20)7-6-13-10(2)18-23(21,22)19-11(13)3/h4-5,8,18H,6-7H2,1-3H3,(H,17,20). The Balaban J connectivity index is 2.03. The molecule has 1 aromatic carbocycles. The highest BCUT2D eigenvalue weighted by Gasteiger charge is 2.20. The van der Waals surface area contributed by atoms with Crippen molar-refractivity contribution < 1.29 is 13.2 Å². The molecule has 8 heteroatoms. The van der Waals surface area contributed by atoms with Crippen LogP contribution in [0.25, 0.3) is 0 Å². The summed E-state index contributed by atoms with van der Waals surface area (Å²) in [5.74, 6) is -0.170. The van der Waals surface area contributed by atoms with Gasteiger partial charge in [-0.3, -0.25) is 9.52 Å². The van der Waals surface area contributed by atoms with Gasteiger partial charge in [-0.25, -0.2) is 0 Å². The lowest BCUT2D eigenvalue weighted by Gasteiger charge is -2.18. The summed E-state index contributed by atoms with van der Waals surface area (Å²) in [4.78, 5) is 12.1. The van der Waals surface area contributed by atoms with Crippen LogP contribution in [0.3, 0.4) is 0 Å². The van der Waals surface area contributed by atoms with E-state index in [9.17, 15) is 13.2 Å². The van der Waals surface area contributed by atoms with E-state index in [-0.39, 0.29) is 12.3 Å². The van der Waals surface area contributed by atoms with Gasteiger partial charge in [0.15, 0.2) is 0 Å². The predicted octanol–water partition coefficient (Wildman–Crippen LogP) is 2.95. The highest BCUT2D eigenvalue weighted by Crippen LogP contribution is 2.22. The van der Waals surface area contributed by atoms with Crippen LogP contribution in [0.2, 0.25) is 5.02 Å². The molecule has 124 valence electrons. The number of aryl methyl sites for hydroxylation is 1. The van der Waals surface area contributed by atoms with E-state index >= 15 is 0 Å². The Kier molecular flexibility index (Phi) is 5.11. The van der Waals surface area contributed by atoms with Crippen LogP contribution in [0, 0.1) is 6.92 Å². The van der Waals surface area contributed by atoms with Crippen molar-refractivity contribution in [3.05, 3.63) is 40.1 Å². The van der Waals surface area contributed by atoms with Gasteiger partial charge in [0, 0.05) is 22.8 Å². The Bertz CT molecular complexity index is 813. The SMILES string of the molecule is CC1=NS(=O)(=O)NC(C)=C1CCC(=O)Nc1cc(Cl)ccc1C. The van der Waals surface area contributed by atoms with Crippen LogP contribution >= 0.6 is 11.6 Å². The molecule has 2 N–H and O–H groups in total. The summed E-state index contributed by atoms with van der Waals surface area (Å²) in [6.45, 7) is 5.16. The number of allylic oxidation sites excluding steroid dienone is 2. The Morgan fingerprint density at radius 1 is 1.30 bits per heavy atom. The molecule has 2 rings (SSSR count). The zero-order chi connectivity index (χ0) is 17.2. The lowest BCUT2D eigenvalue weighted by molar-refractivity contribution is -0.116. The van der Waals surface area contributed by atoms with Crippen molar-refractivity contribution >= 4 is 39.1 Å². The molecule has 0 aromatic heterocycles. The highest BCUT2D eigenvalue weighted by atomic mass is 35.5. The molecular formula is C15H18ClN3O3S. The number of halogens is 1. The second-order valence-corrected chi connectivity index (χ2v) is 7.14. The van der Waals surface area contributed by atoms with Gasteiger partial charge in [0.25, 0.3) is 0 Å². The Hall–Kier alpha value is -1.86. The van der Waals surface area contributed by atoms with Crippen molar-refractivity contribution in [2.45, 2.75) is 33.6 Å². The van der Waals surface area contributed by atoms with Crippen molar-refractivity contribution in [1.82, 2.24) is 4.72 Å². The lowest BCUT2D eigenvalue weighted by atomic mass is 10.0. The largest absolute Gasteiger partial charge is 0.342 e. The molecule has 0 spiro atoms. The molecule has 0 fully saturated rings. The Labute approximate surface area is 140 Å². The highest BCUT2D eigenvalue weighted by molar-refractivity contribution is 7.88. The minimum Gasteiger partial charge on any atom is -0.326 e. The first-order chi connectivity index (χ1) is 10.7. The first-order valence-electron chi connectivity index (χ1n) is 7.03. The molecule has 0 saturated heterocycles. The lowest BCUT2D eigenvalue weighted by Crippen LogP contribution is -2.28. The third-order valence-electron chi connectivity index (χ3n) is 3.50. The predicted molar refractivity (Wildman–Crippen MR) is 91.9 cm³/mol. The Morgan fingerprint density at radius 3 is 2.65 bits per heavy atom. The van der Waals surface area contributed by atoms with E-state index in [0.717, 1.165) is 11.1 Å². The summed E-state index contributed by atoms with van der Waals surface area (Å²) in [5.41, 5.74) is 3.24. The summed E-state index contributed by atoms with van der Waals surface area (Å²) < 4.78 is 28.8.